The van der Waals surface area contributed by atoms with Crippen LogP contribution in [0.1, 0.15) is 23.6 Å². The molecule has 4 nitrogen and oxygen atoms in total. The van der Waals surface area contributed by atoms with Crippen LogP contribution in [0, 0.1) is 0 Å². The van der Waals surface area contributed by atoms with Gasteiger partial charge in [-0.2, -0.15) is 5.10 Å². The number of hydrogen-bond acceptors (Lipinski definition) is 4. The van der Waals surface area contributed by atoms with E-state index in [2.05, 4.69) is 17.1 Å². The van der Waals surface area contributed by atoms with Gasteiger partial charge in [0.25, 0.3) is 0 Å². The fourth-order valence-electron chi connectivity index (χ4n) is 3.24. The van der Waals surface area contributed by atoms with E-state index in [9.17, 15) is 5.11 Å². The third-order valence-electron chi connectivity index (χ3n) is 4.63. The van der Waals surface area contributed by atoms with Crippen LogP contribution in [-0.2, 0) is 0 Å². The topological polar surface area (TPSA) is 45.1 Å². The van der Waals surface area contributed by atoms with E-state index >= 15 is 0 Å². The largest absolute Gasteiger partial charge is 0.508 e. The molecule has 26 heavy (non-hydrogen) atoms. The van der Waals surface area contributed by atoms with Gasteiger partial charge < -0.3 is 9.84 Å². The summed E-state index contributed by atoms with van der Waals surface area (Å²) in [5.74, 6) is 1.11. The smallest absolute Gasteiger partial charge is 0.118 e. The molecule has 0 amide bonds. The molecule has 0 saturated heterocycles. The number of anilines is 1. The van der Waals surface area contributed by atoms with Gasteiger partial charge in [-0.3, -0.25) is 5.01 Å². The van der Waals surface area contributed by atoms with E-state index in [4.69, 9.17) is 9.84 Å². The van der Waals surface area contributed by atoms with Crippen LogP contribution in [0.15, 0.2) is 84.0 Å². The van der Waals surface area contributed by atoms with Gasteiger partial charge in [0.1, 0.15) is 11.5 Å². The van der Waals surface area contributed by atoms with Gasteiger partial charge in [0.05, 0.1) is 24.6 Å². The summed E-state index contributed by atoms with van der Waals surface area (Å²) in [6, 6.07) is 25.6. The molecule has 0 saturated carbocycles. The highest BCUT2D eigenvalue weighted by atomic mass is 16.5. The second-order valence-corrected chi connectivity index (χ2v) is 6.27. The van der Waals surface area contributed by atoms with E-state index in [1.165, 1.54) is 0 Å². The van der Waals surface area contributed by atoms with Gasteiger partial charge in [-0.15, -0.1) is 0 Å². The van der Waals surface area contributed by atoms with Crippen molar-refractivity contribution in [1.29, 1.82) is 0 Å². The molecule has 130 valence electrons. The van der Waals surface area contributed by atoms with Gasteiger partial charge in [0.2, 0.25) is 0 Å². The normalized spacial score (nSPS) is 16.4. The molecule has 1 heterocycles. The summed E-state index contributed by atoms with van der Waals surface area (Å²) in [5, 5.41) is 16.6. The number of rotatable bonds is 4. The van der Waals surface area contributed by atoms with Crippen molar-refractivity contribution in [2.75, 3.05) is 12.1 Å². The van der Waals surface area contributed by atoms with Crippen molar-refractivity contribution in [2.24, 2.45) is 5.10 Å². The maximum Gasteiger partial charge on any atom is 0.118 e. The fourth-order valence-corrected chi connectivity index (χ4v) is 3.24. The molecule has 4 rings (SSSR count). The van der Waals surface area contributed by atoms with E-state index in [-0.39, 0.29) is 11.8 Å². The molecule has 1 atom stereocenters. The third kappa shape index (κ3) is 3.14. The SMILES string of the molecule is COc1ccc(C2=NN(c3ccccc3)C(c3ccc(O)cc3)C2)cc1. The van der Waals surface area contributed by atoms with Crippen LogP contribution in [0.3, 0.4) is 0 Å². The minimum absolute atomic E-state index is 0.0927. The average molecular weight is 344 g/mol. The maximum absolute atomic E-state index is 9.61. The van der Waals surface area contributed by atoms with E-state index in [0.29, 0.717) is 0 Å². The Morgan fingerprint density at radius 1 is 0.923 bits per heavy atom. The predicted octanol–water partition coefficient (Wildman–Crippen LogP) is 4.76. The number of phenols is 1. The zero-order chi connectivity index (χ0) is 17.9. The number of benzene rings is 3. The minimum Gasteiger partial charge on any atom is -0.508 e. The molecule has 0 aromatic heterocycles. The number of phenolic OH excluding ortho intramolecular Hbond substituents is 1. The highest BCUT2D eigenvalue weighted by Gasteiger charge is 2.29. The Balaban J connectivity index is 1.71. The molecule has 0 bridgehead atoms. The first kappa shape index (κ1) is 16.2. The van der Waals surface area contributed by atoms with Gasteiger partial charge in [-0.05, 0) is 59.7 Å². The van der Waals surface area contributed by atoms with Crippen LogP contribution in [0.25, 0.3) is 0 Å². The van der Waals surface area contributed by atoms with Crippen LogP contribution in [0.2, 0.25) is 0 Å². The lowest BCUT2D eigenvalue weighted by molar-refractivity contribution is 0.415. The summed E-state index contributed by atoms with van der Waals surface area (Å²) in [5.41, 5.74) is 4.30. The summed E-state index contributed by atoms with van der Waals surface area (Å²) in [6.45, 7) is 0. The average Bonchev–Trinajstić information content (AvgIpc) is 3.15. The number of aromatic hydroxyl groups is 1. The van der Waals surface area contributed by atoms with Crippen molar-refractivity contribution in [3.8, 4) is 11.5 Å². The monoisotopic (exact) mass is 344 g/mol. The zero-order valence-electron chi connectivity index (χ0n) is 14.5. The summed E-state index contributed by atoms with van der Waals surface area (Å²) in [7, 11) is 1.67. The van der Waals surface area contributed by atoms with Crippen LogP contribution in [0.5, 0.6) is 11.5 Å². The fraction of sp³-hybridized carbons (Fsp3) is 0.136. The third-order valence-corrected chi connectivity index (χ3v) is 4.63. The predicted molar refractivity (Wildman–Crippen MR) is 104 cm³/mol. The highest BCUT2D eigenvalue weighted by molar-refractivity contribution is 6.03. The van der Waals surface area contributed by atoms with Gasteiger partial charge in [0, 0.05) is 6.42 Å². The lowest BCUT2D eigenvalue weighted by Crippen LogP contribution is -2.18. The molecule has 1 unspecified atom stereocenters. The van der Waals surface area contributed by atoms with E-state index in [0.717, 1.165) is 34.7 Å². The first-order chi connectivity index (χ1) is 12.7. The summed E-state index contributed by atoms with van der Waals surface area (Å²) < 4.78 is 5.25. The van der Waals surface area contributed by atoms with Gasteiger partial charge in [-0.1, -0.05) is 30.3 Å². The number of nitrogens with zero attached hydrogens (tertiary/aromatic N) is 2. The molecule has 3 aromatic rings. The molecule has 3 aromatic carbocycles. The summed E-state index contributed by atoms with van der Waals surface area (Å²) >= 11 is 0. The van der Waals surface area contributed by atoms with Crippen molar-refractivity contribution in [3.05, 3.63) is 90.0 Å². The number of ether oxygens (including phenoxy) is 1. The molecule has 0 fully saturated rings. The Bertz CT molecular complexity index is 903. The molecule has 4 heteroatoms. The molecule has 1 aliphatic rings. The van der Waals surface area contributed by atoms with Crippen LogP contribution >= 0.6 is 0 Å². The maximum atomic E-state index is 9.61. The number of hydrogen-bond donors (Lipinski definition) is 1. The molecular weight excluding hydrogens is 324 g/mol. The van der Waals surface area contributed by atoms with E-state index in [1.807, 2.05) is 54.6 Å². The van der Waals surface area contributed by atoms with E-state index in [1.54, 1.807) is 19.2 Å². The van der Waals surface area contributed by atoms with Gasteiger partial charge in [-0.25, -0.2) is 0 Å². The van der Waals surface area contributed by atoms with Crippen molar-refractivity contribution >= 4 is 11.4 Å². The lowest BCUT2D eigenvalue weighted by atomic mass is 9.98. The number of para-hydroxylation sites is 1. The Labute approximate surface area is 153 Å². The summed E-state index contributed by atoms with van der Waals surface area (Å²) in [4.78, 5) is 0. The first-order valence-electron chi connectivity index (χ1n) is 8.60. The van der Waals surface area contributed by atoms with E-state index < -0.39 is 0 Å². The molecule has 0 radical (unpaired) electrons. The Kier molecular flexibility index (Phi) is 4.32. The lowest BCUT2D eigenvalue weighted by Gasteiger charge is -2.24. The minimum atomic E-state index is 0.0927. The van der Waals surface area contributed by atoms with Crippen LogP contribution in [-0.4, -0.2) is 17.9 Å². The van der Waals surface area contributed by atoms with Crippen molar-refractivity contribution in [1.82, 2.24) is 0 Å². The Hall–Kier alpha value is -3.27. The molecule has 0 aliphatic carbocycles. The van der Waals surface area contributed by atoms with Crippen molar-refractivity contribution in [2.45, 2.75) is 12.5 Å². The second kappa shape index (κ2) is 6.92. The molecule has 0 spiro atoms. The quantitative estimate of drug-likeness (QED) is 0.742. The number of methoxy groups -OCH3 is 1. The number of hydrazone groups is 1. The van der Waals surface area contributed by atoms with Crippen LogP contribution in [0.4, 0.5) is 5.69 Å². The van der Waals surface area contributed by atoms with Gasteiger partial charge in [0.15, 0.2) is 0 Å². The molecule has 1 aliphatic heterocycles. The molecule has 1 N–H and O–H groups in total. The van der Waals surface area contributed by atoms with Crippen molar-refractivity contribution < 1.29 is 9.84 Å². The standard InChI is InChI=1S/C22H20N2O2/c1-26-20-13-9-16(10-14-20)21-15-22(17-7-11-19(25)12-8-17)24(23-21)18-5-3-2-4-6-18/h2-14,22,25H,15H2,1H3. The first-order valence-corrected chi connectivity index (χ1v) is 8.60. The Morgan fingerprint density at radius 2 is 1.62 bits per heavy atom. The van der Waals surface area contributed by atoms with Crippen LogP contribution < -0.4 is 9.75 Å². The van der Waals surface area contributed by atoms with Crippen molar-refractivity contribution in [3.63, 3.8) is 0 Å². The second-order valence-electron chi connectivity index (χ2n) is 6.27. The highest BCUT2D eigenvalue weighted by Crippen LogP contribution is 2.37. The summed E-state index contributed by atoms with van der Waals surface area (Å²) in [6.07, 6.45) is 0.798. The Morgan fingerprint density at radius 3 is 2.27 bits per heavy atom. The van der Waals surface area contributed by atoms with Gasteiger partial charge >= 0.3 is 0 Å². The molecular formula is C22H20N2O2. The zero-order valence-corrected chi connectivity index (χ0v) is 14.5.